The van der Waals surface area contributed by atoms with Crippen LogP contribution in [0.3, 0.4) is 0 Å². The molecule has 0 saturated carbocycles. The van der Waals surface area contributed by atoms with Crippen LogP contribution in [0, 0.1) is 0 Å². The van der Waals surface area contributed by atoms with Crippen molar-refractivity contribution in [3.05, 3.63) is 97.2 Å². The van der Waals surface area contributed by atoms with Crippen LogP contribution in [0.15, 0.2) is 97.2 Å². The molecule has 0 N–H and O–H groups in total. The number of unbranched alkanes of at least 4 members (excludes halogenated alkanes) is 35. The second-order valence-electron chi connectivity index (χ2n) is 22.7. The highest BCUT2D eigenvalue weighted by Gasteiger charge is 2.19. The minimum absolute atomic E-state index is 0.0791. The van der Waals surface area contributed by atoms with E-state index in [4.69, 9.17) is 14.2 Å². The summed E-state index contributed by atoms with van der Waals surface area (Å²) in [6, 6.07) is 0. The Bertz CT molecular complexity index is 1560. The van der Waals surface area contributed by atoms with Gasteiger partial charge in [-0.15, -0.1) is 0 Å². The molecule has 0 aliphatic heterocycles. The molecule has 6 nitrogen and oxygen atoms in total. The van der Waals surface area contributed by atoms with E-state index in [9.17, 15) is 14.4 Å². The van der Waals surface area contributed by atoms with Gasteiger partial charge in [-0.05, 0) is 96.3 Å². The van der Waals surface area contributed by atoms with Gasteiger partial charge in [0.2, 0.25) is 0 Å². The van der Waals surface area contributed by atoms with Gasteiger partial charge in [-0.2, -0.15) is 0 Å². The van der Waals surface area contributed by atoms with Gasteiger partial charge in [0.05, 0.1) is 0 Å². The third-order valence-corrected chi connectivity index (χ3v) is 14.8. The highest BCUT2D eigenvalue weighted by atomic mass is 16.6. The predicted molar refractivity (Wildman–Crippen MR) is 348 cm³/mol. The van der Waals surface area contributed by atoms with Gasteiger partial charge < -0.3 is 14.2 Å². The highest BCUT2D eigenvalue weighted by molar-refractivity contribution is 5.71. The Morgan fingerprint density at radius 1 is 0.263 bits per heavy atom. The molecule has 0 amide bonds. The highest BCUT2D eigenvalue weighted by Crippen LogP contribution is 2.17. The lowest BCUT2D eigenvalue weighted by molar-refractivity contribution is -0.167. The molecule has 0 aromatic heterocycles. The van der Waals surface area contributed by atoms with Crippen molar-refractivity contribution in [1.82, 2.24) is 0 Å². The molecule has 1 atom stereocenters. The maximum absolute atomic E-state index is 12.9. The summed E-state index contributed by atoms with van der Waals surface area (Å²) in [5, 5.41) is 0. The molecule has 460 valence electrons. The molecular weight excluding hydrogens is 985 g/mol. The number of esters is 3. The Balaban J connectivity index is 4.23. The van der Waals surface area contributed by atoms with Crippen LogP contribution in [0.5, 0.6) is 0 Å². The van der Waals surface area contributed by atoms with E-state index >= 15 is 0 Å². The van der Waals surface area contributed by atoms with E-state index in [1.54, 1.807) is 0 Å². The molecule has 0 fully saturated rings. The van der Waals surface area contributed by atoms with Crippen molar-refractivity contribution in [2.75, 3.05) is 13.2 Å². The summed E-state index contributed by atoms with van der Waals surface area (Å²) < 4.78 is 17.0. The quantitative estimate of drug-likeness (QED) is 0.0261. The molecule has 0 spiro atoms. The zero-order chi connectivity index (χ0) is 57.8. The van der Waals surface area contributed by atoms with E-state index in [1.165, 1.54) is 167 Å². The van der Waals surface area contributed by atoms with E-state index < -0.39 is 6.10 Å². The minimum Gasteiger partial charge on any atom is -0.462 e. The van der Waals surface area contributed by atoms with Gasteiger partial charge in [0.1, 0.15) is 13.2 Å². The Morgan fingerprint density at radius 3 is 0.762 bits per heavy atom. The average molecular weight is 1110 g/mol. The second-order valence-corrected chi connectivity index (χ2v) is 22.7. The molecule has 0 aromatic carbocycles. The van der Waals surface area contributed by atoms with Crippen molar-refractivity contribution in [3.63, 3.8) is 0 Å². The lowest BCUT2D eigenvalue weighted by Gasteiger charge is -2.18. The Morgan fingerprint density at radius 2 is 0.487 bits per heavy atom. The second kappa shape index (κ2) is 67.8. The number of rotatable bonds is 62. The summed E-state index contributed by atoms with van der Waals surface area (Å²) in [5.41, 5.74) is 0. The first kappa shape index (κ1) is 76.3. The van der Waals surface area contributed by atoms with E-state index in [2.05, 4.69) is 118 Å². The summed E-state index contributed by atoms with van der Waals surface area (Å²) in [7, 11) is 0. The predicted octanol–water partition coefficient (Wildman–Crippen LogP) is 23.6. The van der Waals surface area contributed by atoms with Gasteiger partial charge in [0.25, 0.3) is 0 Å². The topological polar surface area (TPSA) is 78.9 Å². The fourth-order valence-corrected chi connectivity index (χ4v) is 9.78. The Kier molecular flexibility index (Phi) is 64.7. The molecule has 0 aliphatic rings. The Labute approximate surface area is 496 Å². The summed E-state index contributed by atoms with van der Waals surface area (Å²) in [6.07, 6.45) is 91.4. The summed E-state index contributed by atoms with van der Waals surface area (Å²) in [4.78, 5) is 38.4. The van der Waals surface area contributed by atoms with Crippen LogP contribution >= 0.6 is 0 Å². The molecule has 0 heterocycles. The Hall–Kier alpha value is -3.67. The normalized spacial score (nSPS) is 12.7. The standard InChI is InChI=1S/C74H128O6/c1-4-7-10-13-16-19-22-25-28-30-31-32-33-34-35-36-37-38-39-40-41-42-43-44-47-49-52-55-58-61-64-67-73(76)79-70-71(69-78-72(75)66-63-60-57-54-51-48-45-27-24-21-18-15-12-9-6-3)80-74(77)68-65-62-59-56-53-50-46-29-26-23-20-17-14-11-8-5-2/h7,9-10,12,16,18-19,21,25,27-28,31-32,34-35,45,71H,4-6,8,11,13-15,17,20,22-24,26,29-30,33,36-44,46-70H2,1-3H3/b10-7-,12-9-,19-16-,21-18-,28-25-,32-31-,35-34-,45-27-. The van der Waals surface area contributed by atoms with Crippen LogP contribution in [-0.2, 0) is 28.6 Å². The zero-order valence-corrected chi connectivity index (χ0v) is 52.8. The SMILES string of the molecule is CC/C=C\C/C=C\C/C=C\C/C=C\C/C=C\CCCCCCCCCCCCCCCCCC(=O)OCC(COC(=O)CCCCCCC/C=C\C/C=C\C/C=C\CC)OC(=O)CCCCCCCCCCCCCCCCCC. The first-order valence-corrected chi connectivity index (χ1v) is 34.2. The fraction of sp³-hybridized carbons (Fsp3) is 0.743. The van der Waals surface area contributed by atoms with Gasteiger partial charge in [-0.3, -0.25) is 14.4 Å². The largest absolute Gasteiger partial charge is 0.462 e. The van der Waals surface area contributed by atoms with Gasteiger partial charge in [-0.1, -0.05) is 317 Å². The summed E-state index contributed by atoms with van der Waals surface area (Å²) >= 11 is 0. The molecule has 6 heteroatoms. The van der Waals surface area contributed by atoms with E-state index in [0.717, 1.165) is 128 Å². The van der Waals surface area contributed by atoms with Gasteiger partial charge in [0.15, 0.2) is 6.10 Å². The van der Waals surface area contributed by atoms with Gasteiger partial charge in [-0.25, -0.2) is 0 Å². The van der Waals surface area contributed by atoms with E-state index in [0.29, 0.717) is 19.3 Å². The van der Waals surface area contributed by atoms with E-state index in [1.807, 2.05) is 0 Å². The summed E-state index contributed by atoms with van der Waals surface area (Å²) in [6.45, 7) is 6.44. The third-order valence-electron chi connectivity index (χ3n) is 14.8. The third kappa shape index (κ3) is 65.1. The minimum atomic E-state index is -0.783. The molecule has 80 heavy (non-hydrogen) atoms. The lowest BCUT2D eigenvalue weighted by Crippen LogP contribution is -2.30. The van der Waals surface area contributed by atoms with Crippen molar-refractivity contribution in [3.8, 4) is 0 Å². The molecular formula is C74H128O6. The van der Waals surface area contributed by atoms with Crippen molar-refractivity contribution in [2.24, 2.45) is 0 Å². The number of ether oxygens (including phenoxy) is 3. The van der Waals surface area contributed by atoms with Crippen LogP contribution in [0.25, 0.3) is 0 Å². The van der Waals surface area contributed by atoms with Crippen LogP contribution in [0.2, 0.25) is 0 Å². The molecule has 0 aliphatic carbocycles. The van der Waals surface area contributed by atoms with Crippen LogP contribution in [-0.4, -0.2) is 37.2 Å². The van der Waals surface area contributed by atoms with Crippen LogP contribution in [0.4, 0.5) is 0 Å². The molecule has 0 saturated heterocycles. The zero-order valence-electron chi connectivity index (χ0n) is 52.8. The van der Waals surface area contributed by atoms with Crippen molar-refractivity contribution in [2.45, 2.75) is 341 Å². The maximum Gasteiger partial charge on any atom is 0.306 e. The van der Waals surface area contributed by atoms with Crippen molar-refractivity contribution < 1.29 is 28.6 Å². The van der Waals surface area contributed by atoms with Gasteiger partial charge >= 0.3 is 17.9 Å². The smallest absolute Gasteiger partial charge is 0.306 e. The van der Waals surface area contributed by atoms with Crippen LogP contribution in [0.1, 0.15) is 335 Å². The average Bonchev–Trinajstić information content (AvgIpc) is 3.46. The fourth-order valence-electron chi connectivity index (χ4n) is 9.78. The number of hydrogen-bond acceptors (Lipinski definition) is 6. The molecule has 1 unspecified atom stereocenters. The number of hydrogen-bond donors (Lipinski definition) is 0. The van der Waals surface area contributed by atoms with Crippen molar-refractivity contribution >= 4 is 17.9 Å². The first-order valence-electron chi connectivity index (χ1n) is 34.2. The molecule has 0 rings (SSSR count). The van der Waals surface area contributed by atoms with Crippen LogP contribution < -0.4 is 0 Å². The maximum atomic E-state index is 12.9. The van der Waals surface area contributed by atoms with Gasteiger partial charge in [0, 0.05) is 19.3 Å². The van der Waals surface area contributed by atoms with Crippen molar-refractivity contribution in [1.29, 1.82) is 0 Å². The number of carbonyl (C=O) groups excluding carboxylic acids is 3. The molecule has 0 radical (unpaired) electrons. The first-order chi connectivity index (χ1) is 39.5. The number of carbonyl (C=O) groups is 3. The molecule has 0 bridgehead atoms. The van der Waals surface area contributed by atoms with E-state index in [-0.39, 0.29) is 31.1 Å². The number of allylic oxidation sites excluding steroid dienone is 16. The molecule has 0 aromatic rings. The summed E-state index contributed by atoms with van der Waals surface area (Å²) in [5.74, 6) is -0.880. The monoisotopic (exact) mass is 1110 g/mol. The lowest BCUT2D eigenvalue weighted by atomic mass is 10.0.